The van der Waals surface area contributed by atoms with Crippen molar-refractivity contribution < 1.29 is 9.47 Å². The zero-order chi connectivity index (χ0) is 16.8. The summed E-state index contributed by atoms with van der Waals surface area (Å²) in [7, 11) is 3.39. The van der Waals surface area contributed by atoms with Crippen LogP contribution >= 0.6 is 0 Å². The zero-order valence-corrected chi connectivity index (χ0v) is 14.2. The summed E-state index contributed by atoms with van der Waals surface area (Å²) >= 11 is 0. The summed E-state index contributed by atoms with van der Waals surface area (Å²) in [6, 6.07) is 16.1. The lowest BCUT2D eigenvalue weighted by Gasteiger charge is -2.35. The maximum absolute atomic E-state index is 5.45. The van der Waals surface area contributed by atoms with E-state index in [1.807, 2.05) is 48.7 Å². The van der Waals surface area contributed by atoms with Crippen LogP contribution in [0.5, 0.6) is 11.5 Å². The first-order chi connectivity index (χ1) is 11.8. The minimum Gasteiger partial charge on any atom is -0.497 e. The zero-order valence-electron chi connectivity index (χ0n) is 14.2. The van der Waals surface area contributed by atoms with Gasteiger partial charge in [-0.2, -0.15) is 5.10 Å². The molecule has 5 heteroatoms. The third-order valence-corrected chi connectivity index (χ3v) is 4.17. The normalized spacial score (nSPS) is 14.9. The van der Waals surface area contributed by atoms with Crippen LogP contribution in [-0.4, -0.2) is 51.6 Å². The van der Waals surface area contributed by atoms with Crippen LogP contribution < -0.4 is 14.4 Å². The predicted octanol–water partition coefficient (Wildman–Crippen LogP) is 2.86. The van der Waals surface area contributed by atoms with Crippen molar-refractivity contribution >= 4 is 11.9 Å². The van der Waals surface area contributed by atoms with Crippen molar-refractivity contribution in [3.05, 3.63) is 54.1 Å². The summed E-state index contributed by atoms with van der Waals surface area (Å²) in [5, 5.41) is 6.70. The van der Waals surface area contributed by atoms with Gasteiger partial charge < -0.3 is 14.4 Å². The first-order valence-corrected chi connectivity index (χ1v) is 8.11. The summed E-state index contributed by atoms with van der Waals surface area (Å²) in [5.74, 6) is 1.78. The second-order valence-electron chi connectivity index (χ2n) is 5.63. The number of rotatable bonds is 5. The summed E-state index contributed by atoms with van der Waals surface area (Å²) < 4.78 is 10.6. The van der Waals surface area contributed by atoms with E-state index in [0.29, 0.717) is 0 Å². The second-order valence-corrected chi connectivity index (χ2v) is 5.63. The quantitative estimate of drug-likeness (QED) is 0.792. The van der Waals surface area contributed by atoms with Gasteiger partial charge in [0.1, 0.15) is 11.5 Å². The van der Waals surface area contributed by atoms with Crippen molar-refractivity contribution in [1.29, 1.82) is 0 Å². The van der Waals surface area contributed by atoms with Crippen LogP contribution in [0.1, 0.15) is 5.56 Å². The number of piperazine rings is 1. The summed E-state index contributed by atoms with van der Waals surface area (Å²) in [6.45, 7) is 3.65. The van der Waals surface area contributed by atoms with E-state index in [2.05, 4.69) is 21.1 Å². The number of ether oxygens (including phenoxy) is 2. The maximum Gasteiger partial charge on any atom is 0.142 e. The van der Waals surface area contributed by atoms with Gasteiger partial charge in [-0.05, 0) is 42.0 Å². The van der Waals surface area contributed by atoms with Crippen LogP contribution in [0.25, 0.3) is 0 Å². The lowest BCUT2D eigenvalue weighted by Crippen LogP contribution is -2.44. The molecule has 0 saturated carbocycles. The number of methoxy groups -OCH3 is 2. The fourth-order valence-electron chi connectivity index (χ4n) is 2.78. The van der Waals surface area contributed by atoms with E-state index < -0.39 is 0 Å². The molecule has 0 aromatic heterocycles. The van der Waals surface area contributed by atoms with E-state index in [1.54, 1.807) is 14.2 Å². The third-order valence-electron chi connectivity index (χ3n) is 4.17. The molecular weight excluding hydrogens is 302 g/mol. The Labute approximate surface area is 143 Å². The molecule has 0 atom stereocenters. The Bertz CT molecular complexity index is 677. The number of hydrogen-bond donors (Lipinski definition) is 0. The fourth-order valence-corrected chi connectivity index (χ4v) is 2.78. The average molecular weight is 325 g/mol. The lowest BCUT2D eigenvalue weighted by molar-refractivity contribution is 0.271. The number of anilines is 1. The Morgan fingerprint density at radius 1 is 0.875 bits per heavy atom. The van der Waals surface area contributed by atoms with Crippen molar-refractivity contribution in [1.82, 2.24) is 5.01 Å². The molecule has 0 unspecified atom stereocenters. The molecule has 1 aliphatic rings. The first-order valence-electron chi connectivity index (χ1n) is 8.11. The highest BCUT2D eigenvalue weighted by Gasteiger charge is 2.18. The van der Waals surface area contributed by atoms with Crippen LogP contribution in [0.4, 0.5) is 5.69 Å². The van der Waals surface area contributed by atoms with Gasteiger partial charge in [-0.25, -0.2) is 0 Å². The van der Waals surface area contributed by atoms with Crippen LogP contribution in [0, 0.1) is 0 Å². The average Bonchev–Trinajstić information content (AvgIpc) is 2.67. The monoisotopic (exact) mass is 325 g/mol. The van der Waals surface area contributed by atoms with Crippen LogP contribution in [0.15, 0.2) is 53.6 Å². The number of hydrogen-bond acceptors (Lipinski definition) is 5. The van der Waals surface area contributed by atoms with Gasteiger partial charge >= 0.3 is 0 Å². The van der Waals surface area contributed by atoms with Crippen molar-refractivity contribution in [3.8, 4) is 11.5 Å². The van der Waals surface area contributed by atoms with Gasteiger partial charge in [0.25, 0.3) is 0 Å². The number of benzene rings is 2. The Morgan fingerprint density at radius 2 is 1.58 bits per heavy atom. The van der Waals surface area contributed by atoms with Crippen LogP contribution in [0.3, 0.4) is 0 Å². The lowest BCUT2D eigenvalue weighted by atomic mass is 10.2. The van der Waals surface area contributed by atoms with E-state index in [1.165, 1.54) is 0 Å². The smallest absolute Gasteiger partial charge is 0.142 e. The van der Waals surface area contributed by atoms with Gasteiger partial charge in [0.2, 0.25) is 0 Å². The number of hydrazone groups is 1. The van der Waals surface area contributed by atoms with Gasteiger partial charge in [-0.3, -0.25) is 5.01 Å². The van der Waals surface area contributed by atoms with Crippen molar-refractivity contribution in [2.75, 3.05) is 45.3 Å². The maximum atomic E-state index is 5.45. The predicted molar refractivity (Wildman–Crippen MR) is 97.4 cm³/mol. The van der Waals surface area contributed by atoms with Gasteiger partial charge in [-0.1, -0.05) is 12.1 Å². The Hall–Kier alpha value is -2.69. The highest BCUT2D eigenvalue weighted by molar-refractivity contribution is 5.79. The Morgan fingerprint density at radius 3 is 2.25 bits per heavy atom. The van der Waals surface area contributed by atoms with E-state index in [0.717, 1.165) is 48.9 Å². The van der Waals surface area contributed by atoms with E-state index in [-0.39, 0.29) is 0 Å². The Balaban J connectivity index is 1.57. The summed E-state index contributed by atoms with van der Waals surface area (Å²) in [5.41, 5.74) is 2.22. The van der Waals surface area contributed by atoms with Gasteiger partial charge in [0.15, 0.2) is 0 Å². The van der Waals surface area contributed by atoms with Crippen LogP contribution in [0.2, 0.25) is 0 Å². The highest BCUT2D eigenvalue weighted by atomic mass is 16.5. The molecule has 24 heavy (non-hydrogen) atoms. The molecule has 3 rings (SSSR count). The van der Waals surface area contributed by atoms with Gasteiger partial charge in [0.05, 0.1) is 39.2 Å². The minimum absolute atomic E-state index is 0.859. The molecule has 2 aromatic rings. The molecule has 2 aromatic carbocycles. The largest absolute Gasteiger partial charge is 0.497 e. The molecule has 0 radical (unpaired) electrons. The molecule has 0 bridgehead atoms. The molecule has 5 nitrogen and oxygen atoms in total. The molecule has 0 aliphatic carbocycles. The van der Waals surface area contributed by atoms with E-state index in [4.69, 9.17) is 9.47 Å². The Kier molecular flexibility index (Phi) is 5.21. The van der Waals surface area contributed by atoms with E-state index >= 15 is 0 Å². The van der Waals surface area contributed by atoms with Crippen molar-refractivity contribution in [3.63, 3.8) is 0 Å². The van der Waals surface area contributed by atoms with Gasteiger partial charge in [-0.15, -0.1) is 0 Å². The molecule has 1 aliphatic heterocycles. The van der Waals surface area contributed by atoms with Crippen molar-refractivity contribution in [2.24, 2.45) is 5.10 Å². The fraction of sp³-hybridized carbons (Fsp3) is 0.316. The molecule has 0 amide bonds. The topological polar surface area (TPSA) is 37.3 Å². The van der Waals surface area contributed by atoms with Crippen LogP contribution in [-0.2, 0) is 0 Å². The van der Waals surface area contributed by atoms with Gasteiger partial charge in [0, 0.05) is 13.1 Å². The molecule has 126 valence electrons. The molecule has 1 fully saturated rings. The first kappa shape index (κ1) is 16.2. The minimum atomic E-state index is 0.859. The SMILES string of the molecule is COc1ccc(C=NN2CCN(c3ccccc3OC)CC2)cc1. The number of para-hydroxylation sites is 2. The standard InChI is InChI=1S/C19H23N3O2/c1-23-17-9-7-16(8-10-17)15-20-22-13-11-21(12-14-22)18-5-3-4-6-19(18)24-2/h3-10,15H,11-14H2,1-2H3. The molecule has 0 spiro atoms. The number of nitrogens with zero attached hydrogens (tertiary/aromatic N) is 3. The molecule has 0 N–H and O–H groups in total. The van der Waals surface area contributed by atoms with E-state index in [9.17, 15) is 0 Å². The summed E-state index contributed by atoms with van der Waals surface area (Å²) in [4.78, 5) is 2.35. The molecule has 1 saturated heterocycles. The molecular formula is C19H23N3O2. The van der Waals surface area contributed by atoms with Crippen molar-refractivity contribution in [2.45, 2.75) is 0 Å². The summed E-state index contributed by atoms with van der Waals surface area (Å²) in [6.07, 6.45) is 1.90. The third kappa shape index (κ3) is 3.79. The highest BCUT2D eigenvalue weighted by Crippen LogP contribution is 2.28. The second kappa shape index (κ2) is 7.73. The molecule has 1 heterocycles.